The summed E-state index contributed by atoms with van der Waals surface area (Å²) in [6.07, 6.45) is 1.26. The third-order valence-corrected chi connectivity index (χ3v) is 4.86. The zero-order valence-corrected chi connectivity index (χ0v) is 16.3. The largest absolute Gasteiger partial charge is 0.479 e. The van der Waals surface area contributed by atoms with Crippen LogP contribution in [0.3, 0.4) is 0 Å². The van der Waals surface area contributed by atoms with Crippen molar-refractivity contribution in [2.45, 2.75) is 26.4 Å². The molecule has 0 amide bonds. The first-order valence-corrected chi connectivity index (χ1v) is 9.24. The maximum atomic E-state index is 13.1. The molecule has 7 nitrogen and oxygen atoms in total. The summed E-state index contributed by atoms with van der Waals surface area (Å²) in [5.74, 6) is 1.24. The molecule has 0 N–H and O–H groups in total. The van der Waals surface area contributed by atoms with Crippen molar-refractivity contribution in [1.82, 2.24) is 0 Å². The van der Waals surface area contributed by atoms with Gasteiger partial charge in [0.1, 0.15) is 17.6 Å². The number of hydrogen-bond acceptors (Lipinski definition) is 7. The number of aryl methyl sites for hydroxylation is 1. The van der Waals surface area contributed by atoms with Crippen molar-refractivity contribution in [3.05, 3.63) is 52.4 Å². The highest BCUT2D eigenvalue weighted by molar-refractivity contribution is 5.84. The summed E-state index contributed by atoms with van der Waals surface area (Å²) in [6.45, 7) is 3.71. The van der Waals surface area contributed by atoms with Crippen LogP contribution in [0.25, 0.3) is 22.1 Å². The van der Waals surface area contributed by atoms with E-state index in [0.29, 0.717) is 45.8 Å². The van der Waals surface area contributed by atoms with E-state index in [9.17, 15) is 9.59 Å². The fourth-order valence-electron chi connectivity index (χ4n) is 3.26. The Labute approximate surface area is 166 Å². The Hall–Kier alpha value is -3.48. The second-order valence-electron chi connectivity index (χ2n) is 6.64. The molecule has 1 aliphatic rings. The zero-order chi connectivity index (χ0) is 20.5. The molecule has 2 heterocycles. The Kier molecular flexibility index (Phi) is 4.88. The molecule has 1 aromatic heterocycles. The van der Waals surface area contributed by atoms with E-state index in [1.807, 2.05) is 6.92 Å². The van der Waals surface area contributed by atoms with E-state index in [1.54, 1.807) is 37.3 Å². The lowest BCUT2D eigenvalue weighted by Gasteiger charge is -2.16. The average Bonchev–Trinajstić information content (AvgIpc) is 3.21. The van der Waals surface area contributed by atoms with Crippen LogP contribution < -0.4 is 19.6 Å². The van der Waals surface area contributed by atoms with Crippen LogP contribution in [0.4, 0.5) is 0 Å². The second-order valence-corrected chi connectivity index (χ2v) is 6.64. The van der Waals surface area contributed by atoms with E-state index in [0.717, 1.165) is 5.56 Å². The van der Waals surface area contributed by atoms with Gasteiger partial charge in [-0.3, -0.25) is 4.79 Å². The van der Waals surface area contributed by atoms with Crippen LogP contribution in [0.1, 0.15) is 19.4 Å². The van der Waals surface area contributed by atoms with E-state index < -0.39 is 12.1 Å². The molecule has 0 saturated carbocycles. The molecule has 0 radical (unpaired) electrons. The summed E-state index contributed by atoms with van der Waals surface area (Å²) in [5.41, 5.74) is 2.12. The van der Waals surface area contributed by atoms with Crippen molar-refractivity contribution in [3.63, 3.8) is 0 Å². The predicted molar refractivity (Wildman–Crippen MR) is 106 cm³/mol. The first-order chi connectivity index (χ1) is 14.0. The molecule has 1 unspecified atom stereocenters. The molecule has 0 spiro atoms. The number of carbonyl (C=O) groups is 1. The molecule has 2 aromatic carbocycles. The topological polar surface area (TPSA) is 84.2 Å². The third-order valence-electron chi connectivity index (χ3n) is 4.86. The van der Waals surface area contributed by atoms with Crippen molar-refractivity contribution >= 4 is 16.9 Å². The normalized spacial score (nSPS) is 13.3. The lowest BCUT2D eigenvalue weighted by Crippen LogP contribution is -2.25. The quantitative estimate of drug-likeness (QED) is 0.608. The van der Waals surface area contributed by atoms with Gasteiger partial charge in [0, 0.05) is 6.07 Å². The van der Waals surface area contributed by atoms with Crippen molar-refractivity contribution in [2.75, 3.05) is 13.9 Å². The zero-order valence-electron chi connectivity index (χ0n) is 16.3. The fourth-order valence-corrected chi connectivity index (χ4v) is 3.26. The summed E-state index contributed by atoms with van der Waals surface area (Å²) in [7, 11) is 1.31. The van der Waals surface area contributed by atoms with Crippen LogP contribution in [0.5, 0.6) is 17.2 Å². The molecule has 0 fully saturated rings. The number of fused-ring (bicyclic) bond motifs is 2. The summed E-state index contributed by atoms with van der Waals surface area (Å²) < 4.78 is 26.9. The molecule has 1 aliphatic heterocycles. The smallest absolute Gasteiger partial charge is 0.346 e. The number of hydrogen-bond donors (Lipinski definition) is 0. The van der Waals surface area contributed by atoms with Crippen LogP contribution in [-0.2, 0) is 16.0 Å². The van der Waals surface area contributed by atoms with Crippen molar-refractivity contribution in [1.29, 1.82) is 0 Å². The van der Waals surface area contributed by atoms with E-state index >= 15 is 0 Å². The van der Waals surface area contributed by atoms with Gasteiger partial charge < -0.3 is 23.4 Å². The molecule has 7 heteroatoms. The minimum Gasteiger partial charge on any atom is -0.479 e. The molecule has 0 bridgehead atoms. The van der Waals surface area contributed by atoms with Gasteiger partial charge in [0.2, 0.25) is 12.2 Å². The van der Waals surface area contributed by atoms with Gasteiger partial charge in [-0.05, 0) is 42.7 Å². The molecular formula is C22H20O7. The third kappa shape index (κ3) is 3.40. The average molecular weight is 396 g/mol. The Morgan fingerprint density at radius 3 is 2.72 bits per heavy atom. The SMILES string of the molecule is CCc1cc2c(=O)c(-c3ccc4c(c3)OCO4)coc2cc1OC(C)C(=O)OC. The summed E-state index contributed by atoms with van der Waals surface area (Å²) in [5, 5.41) is 0.440. The summed E-state index contributed by atoms with van der Waals surface area (Å²) in [6, 6.07) is 8.71. The lowest BCUT2D eigenvalue weighted by molar-refractivity contribution is -0.147. The van der Waals surface area contributed by atoms with Gasteiger partial charge in [-0.15, -0.1) is 0 Å². The fraction of sp³-hybridized carbons (Fsp3) is 0.273. The first kappa shape index (κ1) is 18.9. The minimum absolute atomic E-state index is 0.160. The molecule has 4 rings (SSSR count). The molecule has 29 heavy (non-hydrogen) atoms. The van der Waals surface area contributed by atoms with E-state index in [4.69, 9.17) is 23.4 Å². The van der Waals surface area contributed by atoms with Crippen LogP contribution in [0, 0.1) is 0 Å². The Balaban J connectivity index is 1.78. The number of esters is 1. The van der Waals surface area contributed by atoms with Gasteiger partial charge >= 0.3 is 5.97 Å². The summed E-state index contributed by atoms with van der Waals surface area (Å²) >= 11 is 0. The van der Waals surface area contributed by atoms with Crippen molar-refractivity contribution in [3.8, 4) is 28.4 Å². The van der Waals surface area contributed by atoms with Crippen molar-refractivity contribution in [2.24, 2.45) is 0 Å². The Bertz CT molecular complexity index is 1150. The van der Waals surface area contributed by atoms with Gasteiger partial charge in [0.15, 0.2) is 17.6 Å². The molecule has 0 aliphatic carbocycles. The standard InChI is InChI=1S/C22H20O7/c1-4-13-7-15-19(9-18(13)29-12(2)22(24)25-3)26-10-16(21(15)23)14-5-6-17-20(8-14)28-11-27-17/h5-10,12H,4,11H2,1-3H3. The van der Waals surface area contributed by atoms with Crippen LogP contribution in [0.15, 0.2) is 45.8 Å². The van der Waals surface area contributed by atoms with Crippen LogP contribution in [0.2, 0.25) is 0 Å². The maximum Gasteiger partial charge on any atom is 0.346 e. The molecule has 0 saturated heterocycles. The molecular weight excluding hydrogens is 376 g/mol. The van der Waals surface area contributed by atoms with Gasteiger partial charge in [0.25, 0.3) is 0 Å². The van der Waals surface area contributed by atoms with Gasteiger partial charge in [-0.1, -0.05) is 13.0 Å². The number of benzene rings is 2. The van der Waals surface area contributed by atoms with Gasteiger partial charge in [0.05, 0.1) is 18.1 Å². The highest BCUT2D eigenvalue weighted by atomic mass is 16.7. The van der Waals surface area contributed by atoms with E-state index in [-0.39, 0.29) is 12.2 Å². The number of methoxy groups -OCH3 is 1. The van der Waals surface area contributed by atoms with Gasteiger partial charge in [-0.2, -0.15) is 0 Å². The minimum atomic E-state index is -0.776. The highest BCUT2D eigenvalue weighted by Gasteiger charge is 2.20. The van der Waals surface area contributed by atoms with E-state index in [1.165, 1.54) is 13.4 Å². The number of carbonyl (C=O) groups excluding carboxylic acids is 1. The highest BCUT2D eigenvalue weighted by Crippen LogP contribution is 2.36. The molecule has 150 valence electrons. The lowest BCUT2D eigenvalue weighted by atomic mass is 10.0. The Morgan fingerprint density at radius 2 is 1.97 bits per heavy atom. The molecule has 3 aromatic rings. The second kappa shape index (κ2) is 7.50. The predicted octanol–water partition coefficient (Wildman–Crippen LogP) is 3.69. The number of rotatable bonds is 5. The van der Waals surface area contributed by atoms with Crippen LogP contribution >= 0.6 is 0 Å². The summed E-state index contributed by atoms with van der Waals surface area (Å²) in [4.78, 5) is 24.8. The van der Waals surface area contributed by atoms with E-state index in [2.05, 4.69) is 0 Å². The molecule has 1 atom stereocenters. The number of ether oxygens (including phenoxy) is 4. The van der Waals surface area contributed by atoms with Crippen molar-refractivity contribution < 1.29 is 28.2 Å². The van der Waals surface area contributed by atoms with Gasteiger partial charge in [-0.25, -0.2) is 4.79 Å². The maximum absolute atomic E-state index is 13.1. The van der Waals surface area contributed by atoms with Crippen LogP contribution in [-0.4, -0.2) is 26.0 Å². The monoisotopic (exact) mass is 396 g/mol. The first-order valence-electron chi connectivity index (χ1n) is 9.24. The Morgan fingerprint density at radius 1 is 1.17 bits per heavy atom.